The van der Waals surface area contributed by atoms with Gasteiger partial charge in [0.2, 0.25) is 21.8 Å². The summed E-state index contributed by atoms with van der Waals surface area (Å²) in [5.41, 5.74) is 0.432. The molecule has 2 aromatic rings. The molecule has 2 rings (SSSR count). The molecular weight excluding hydrogens is 624 g/mol. The van der Waals surface area contributed by atoms with Crippen LogP contribution in [0.4, 0.5) is 5.69 Å². The minimum Gasteiger partial charge on any atom is -0.350 e. The van der Waals surface area contributed by atoms with E-state index in [9.17, 15) is 18.0 Å². The summed E-state index contributed by atoms with van der Waals surface area (Å²) >= 11 is 14.5. The molecule has 35 heavy (non-hydrogen) atoms. The highest BCUT2D eigenvalue weighted by molar-refractivity contribution is 14.1. The van der Waals surface area contributed by atoms with Gasteiger partial charge < -0.3 is 10.2 Å². The quantitative estimate of drug-likeness (QED) is 0.382. The number of nitrogens with zero attached hydrogens (tertiary/aromatic N) is 2. The molecular formula is C24H30Cl2IN3O4S. The van der Waals surface area contributed by atoms with Crippen LogP contribution in [0.25, 0.3) is 0 Å². The molecule has 0 heterocycles. The van der Waals surface area contributed by atoms with E-state index in [0.29, 0.717) is 27.7 Å². The second kappa shape index (κ2) is 12.1. The summed E-state index contributed by atoms with van der Waals surface area (Å²) < 4.78 is 27.2. The zero-order valence-electron chi connectivity index (χ0n) is 20.3. The lowest BCUT2D eigenvalue weighted by Crippen LogP contribution is -2.55. The molecule has 0 fully saturated rings. The van der Waals surface area contributed by atoms with E-state index in [1.807, 2.05) is 20.8 Å². The van der Waals surface area contributed by atoms with Crippen LogP contribution in [-0.2, 0) is 26.2 Å². The molecule has 1 N–H and O–H groups in total. The van der Waals surface area contributed by atoms with E-state index in [1.165, 1.54) is 4.90 Å². The number of benzene rings is 2. The fourth-order valence-electron chi connectivity index (χ4n) is 3.43. The van der Waals surface area contributed by atoms with Gasteiger partial charge in [-0.1, -0.05) is 36.2 Å². The Morgan fingerprint density at radius 2 is 1.69 bits per heavy atom. The first-order chi connectivity index (χ1) is 16.1. The van der Waals surface area contributed by atoms with E-state index in [4.69, 9.17) is 23.2 Å². The van der Waals surface area contributed by atoms with Crippen LogP contribution in [0, 0.1) is 3.57 Å². The number of halogens is 3. The highest BCUT2D eigenvalue weighted by atomic mass is 127. The maximum atomic E-state index is 13.7. The van der Waals surface area contributed by atoms with Crippen molar-refractivity contribution in [1.82, 2.24) is 10.2 Å². The van der Waals surface area contributed by atoms with Crippen LogP contribution in [-0.4, -0.2) is 49.5 Å². The molecule has 0 aliphatic rings. The summed E-state index contributed by atoms with van der Waals surface area (Å²) in [6, 6.07) is 10.9. The summed E-state index contributed by atoms with van der Waals surface area (Å²) in [5.74, 6) is -0.866. The van der Waals surface area contributed by atoms with E-state index in [1.54, 1.807) is 49.4 Å². The molecule has 0 unspecified atom stereocenters. The van der Waals surface area contributed by atoms with Crippen molar-refractivity contribution in [2.75, 3.05) is 17.1 Å². The second-order valence-corrected chi connectivity index (χ2v) is 13.2. The Balaban J connectivity index is 2.48. The van der Waals surface area contributed by atoms with Crippen molar-refractivity contribution >= 4 is 73.3 Å². The Labute approximate surface area is 231 Å². The molecule has 1 atom stereocenters. The smallest absolute Gasteiger partial charge is 0.244 e. The first kappa shape index (κ1) is 29.7. The van der Waals surface area contributed by atoms with Crippen LogP contribution < -0.4 is 9.62 Å². The Morgan fingerprint density at radius 1 is 1.09 bits per heavy atom. The van der Waals surface area contributed by atoms with Crippen molar-refractivity contribution in [2.45, 2.75) is 52.2 Å². The van der Waals surface area contributed by atoms with Gasteiger partial charge in [-0.3, -0.25) is 13.9 Å². The molecule has 0 aliphatic heterocycles. The maximum absolute atomic E-state index is 13.7. The number of sulfonamides is 1. The second-order valence-electron chi connectivity index (χ2n) is 9.17. The summed E-state index contributed by atoms with van der Waals surface area (Å²) in [5, 5.41) is 3.70. The summed E-state index contributed by atoms with van der Waals surface area (Å²) in [4.78, 5) is 28.2. The summed E-state index contributed by atoms with van der Waals surface area (Å²) in [7, 11) is -3.79. The predicted octanol–water partition coefficient (Wildman–Crippen LogP) is 5.09. The van der Waals surface area contributed by atoms with Gasteiger partial charge in [0.1, 0.15) is 12.6 Å². The van der Waals surface area contributed by atoms with Crippen LogP contribution in [0.1, 0.15) is 39.7 Å². The van der Waals surface area contributed by atoms with E-state index in [0.717, 1.165) is 14.1 Å². The Kier molecular flexibility index (Phi) is 10.3. The van der Waals surface area contributed by atoms with Gasteiger partial charge in [-0.15, -0.1) is 0 Å². The summed E-state index contributed by atoms with van der Waals surface area (Å²) in [6.07, 6.45) is 1.36. The normalized spacial score (nSPS) is 12.7. The van der Waals surface area contributed by atoms with Gasteiger partial charge in [0.05, 0.1) is 11.9 Å². The topological polar surface area (TPSA) is 86.8 Å². The number of carbonyl (C=O) groups is 2. The Hall–Kier alpha value is -1.56. The van der Waals surface area contributed by atoms with Gasteiger partial charge in [-0.2, -0.15) is 0 Å². The van der Waals surface area contributed by atoms with Crippen LogP contribution in [0.15, 0.2) is 42.5 Å². The monoisotopic (exact) mass is 653 g/mol. The summed E-state index contributed by atoms with van der Waals surface area (Å²) in [6.45, 7) is 6.88. The lowest BCUT2D eigenvalue weighted by Gasteiger charge is -2.34. The first-order valence-corrected chi connectivity index (χ1v) is 14.6. The number of hydrogen-bond donors (Lipinski definition) is 1. The zero-order valence-corrected chi connectivity index (χ0v) is 24.8. The van der Waals surface area contributed by atoms with Crippen LogP contribution >= 0.6 is 45.8 Å². The van der Waals surface area contributed by atoms with Crippen molar-refractivity contribution in [1.29, 1.82) is 0 Å². The van der Waals surface area contributed by atoms with Crippen molar-refractivity contribution in [3.63, 3.8) is 0 Å². The van der Waals surface area contributed by atoms with Crippen LogP contribution in [0.3, 0.4) is 0 Å². The highest BCUT2D eigenvalue weighted by Gasteiger charge is 2.33. The number of carbonyl (C=O) groups excluding carboxylic acids is 2. The van der Waals surface area contributed by atoms with Gasteiger partial charge in [-0.25, -0.2) is 8.42 Å². The molecule has 192 valence electrons. The fourth-order valence-corrected chi connectivity index (χ4v) is 5.10. The maximum Gasteiger partial charge on any atom is 0.244 e. The third-order valence-electron chi connectivity index (χ3n) is 5.03. The number of hydrogen-bond acceptors (Lipinski definition) is 4. The molecule has 0 radical (unpaired) electrons. The van der Waals surface area contributed by atoms with Crippen molar-refractivity contribution < 1.29 is 18.0 Å². The van der Waals surface area contributed by atoms with Gasteiger partial charge in [0.15, 0.2) is 0 Å². The van der Waals surface area contributed by atoms with E-state index < -0.39 is 34.1 Å². The average molecular weight is 654 g/mol. The lowest BCUT2D eigenvalue weighted by atomic mass is 10.1. The Bertz CT molecular complexity index is 1170. The van der Waals surface area contributed by atoms with Gasteiger partial charge in [0, 0.05) is 25.7 Å². The molecule has 11 heteroatoms. The SMILES string of the molecule is CC[C@@H](C(=O)NC(C)(C)C)N(Cc1ccc(Cl)cc1Cl)C(=O)CN(c1ccc(I)cc1)S(C)(=O)=O. The highest BCUT2D eigenvalue weighted by Crippen LogP contribution is 2.25. The third-order valence-corrected chi connectivity index (χ3v) is 7.48. The van der Waals surface area contributed by atoms with E-state index in [2.05, 4.69) is 27.9 Å². The molecule has 0 spiro atoms. The largest absolute Gasteiger partial charge is 0.350 e. The van der Waals surface area contributed by atoms with Crippen LogP contribution in [0.5, 0.6) is 0 Å². The van der Waals surface area contributed by atoms with Gasteiger partial charge in [0.25, 0.3) is 0 Å². The van der Waals surface area contributed by atoms with E-state index >= 15 is 0 Å². The number of rotatable bonds is 9. The van der Waals surface area contributed by atoms with Gasteiger partial charge >= 0.3 is 0 Å². The van der Waals surface area contributed by atoms with Crippen LogP contribution in [0.2, 0.25) is 10.0 Å². The molecule has 0 bridgehead atoms. The molecule has 0 aliphatic carbocycles. The molecule has 0 saturated heterocycles. The molecule has 7 nitrogen and oxygen atoms in total. The standard InChI is InChI=1S/C24H30Cl2IN3O4S/c1-6-21(23(32)28-24(2,3)4)29(14-16-7-8-17(25)13-20(16)26)22(31)15-30(35(5,33)34)19-11-9-18(27)10-12-19/h7-13,21H,6,14-15H2,1-5H3,(H,28,32)/t21-/m0/s1. The minimum atomic E-state index is -3.79. The third kappa shape index (κ3) is 8.80. The fraction of sp³-hybridized carbons (Fsp3) is 0.417. The minimum absolute atomic E-state index is 0.00912. The molecule has 0 saturated carbocycles. The van der Waals surface area contributed by atoms with Crippen molar-refractivity contribution in [3.8, 4) is 0 Å². The number of anilines is 1. The first-order valence-electron chi connectivity index (χ1n) is 10.9. The number of amides is 2. The lowest BCUT2D eigenvalue weighted by molar-refractivity contribution is -0.141. The van der Waals surface area contributed by atoms with Crippen molar-refractivity contribution in [3.05, 3.63) is 61.6 Å². The zero-order chi connectivity index (χ0) is 26.6. The predicted molar refractivity (Wildman–Crippen MR) is 150 cm³/mol. The van der Waals surface area contributed by atoms with Crippen molar-refractivity contribution in [2.24, 2.45) is 0 Å². The average Bonchev–Trinajstić information content (AvgIpc) is 2.72. The number of nitrogens with one attached hydrogen (secondary N) is 1. The van der Waals surface area contributed by atoms with Gasteiger partial charge in [-0.05, 0) is 91.7 Å². The molecule has 2 amide bonds. The van der Waals surface area contributed by atoms with E-state index in [-0.39, 0.29) is 12.5 Å². The molecule has 0 aromatic heterocycles. The Morgan fingerprint density at radius 3 is 2.17 bits per heavy atom. The molecule has 2 aromatic carbocycles.